The van der Waals surface area contributed by atoms with E-state index in [-0.39, 0.29) is 41.7 Å². The maximum absolute atomic E-state index is 12.7. The van der Waals surface area contributed by atoms with Crippen LogP contribution < -0.4 is 10.6 Å². The molecule has 0 aliphatic carbocycles. The molecule has 0 bridgehead atoms. The van der Waals surface area contributed by atoms with Gasteiger partial charge in [-0.3, -0.25) is 9.59 Å². The minimum atomic E-state index is -0.612. The quantitative estimate of drug-likeness (QED) is 0.657. The second kappa shape index (κ2) is 8.10. The first-order valence-corrected chi connectivity index (χ1v) is 10.3. The average molecular weight is 411 g/mol. The Hall–Kier alpha value is -1.87. The van der Waals surface area contributed by atoms with Crippen molar-refractivity contribution in [2.75, 3.05) is 20.2 Å². The molecule has 3 saturated heterocycles. The van der Waals surface area contributed by atoms with Gasteiger partial charge in [0.25, 0.3) is 0 Å². The number of ether oxygens (including phenoxy) is 3. The van der Waals surface area contributed by atoms with Gasteiger partial charge in [0.2, 0.25) is 11.8 Å². The van der Waals surface area contributed by atoms with Crippen LogP contribution in [0.15, 0.2) is 0 Å². The normalized spacial score (nSPS) is 29.3. The molecule has 0 aromatic heterocycles. The highest BCUT2D eigenvalue weighted by Gasteiger charge is 2.51. The summed E-state index contributed by atoms with van der Waals surface area (Å²) in [7, 11) is 1.55. The summed E-state index contributed by atoms with van der Waals surface area (Å²) >= 11 is 0. The minimum Gasteiger partial charge on any atom is -0.444 e. The van der Waals surface area contributed by atoms with Crippen molar-refractivity contribution in [1.82, 2.24) is 15.5 Å². The van der Waals surface area contributed by atoms with Gasteiger partial charge >= 0.3 is 6.09 Å². The van der Waals surface area contributed by atoms with E-state index in [0.717, 1.165) is 12.8 Å². The number of alkyl carbamates (subject to hydrolysis) is 1. The minimum absolute atomic E-state index is 0.00752. The summed E-state index contributed by atoms with van der Waals surface area (Å²) in [6.07, 6.45) is 1.43. The smallest absolute Gasteiger partial charge is 0.407 e. The molecule has 29 heavy (non-hydrogen) atoms. The number of piperidine rings is 1. The van der Waals surface area contributed by atoms with Crippen molar-refractivity contribution in [2.45, 2.75) is 83.0 Å². The highest BCUT2D eigenvalue weighted by atomic mass is 16.8. The summed E-state index contributed by atoms with van der Waals surface area (Å²) < 4.78 is 16.1. The monoisotopic (exact) mass is 411 g/mol. The molecule has 4 unspecified atom stereocenters. The largest absolute Gasteiger partial charge is 0.444 e. The van der Waals surface area contributed by atoms with Gasteiger partial charge in [0, 0.05) is 38.6 Å². The standard InChI is InChI=1S/C20H33N3O6/c1-12(24)23-8-6-20(7-9-23)11-13(16(25)22-20)10-14(15-17(27-5)28-15)21-18(26)29-19(2,3)4/h13-15,17H,6-11H2,1-5H3,(H,21,26)(H,22,25). The SMILES string of the molecule is COC1OC1C(CC1CC2(CCN(C(C)=O)CC2)NC1=O)NC(=O)OC(C)(C)C. The lowest BCUT2D eigenvalue weighted by Gasteiger charge is -2.39. The second-order valence-corrected chi connectivity index (χ2v) is 9.37. The number of rotatable bonds is 5. The molecule has 4 atom stereocenters. The van der Waals surface area contributed by atoms with E-state index in [1.54, 1.807) is 34.8 Å². The summed E-state index contributed by atoms with van der Waals surface area (Å²) in [6.45, 7) is 8.28. The van der Waals surface area contributed by atoms with E-state index >= 15 is 0 Å². The third-order valence-electron chi connectivity index (χ3n) is 5.91. The zero-order valence-corrected chi connectivity index (χ0v) is 17.9. The number of nitrogens with one attached hydrogen (secondary N) is 2. The molecule has 0 aromatic rings. The third-order valence-corrected chi connectivity index (χ3v) is 5.91. The van der Waals surface area contributed by atoms with Crippen molar-refractivity contribution >= 4 is 17.9 Å². The molecule has 3 aliphatic heterocycles. The molecule has 3 fully saturated rings. The van der Waals surface area contributed by atoms with Crippen molar-refractivity contribution in [3.8, 4) is 0 Å². The van der Waals surface area contributed by atoms with Gasteiger partial charge in [-0.2, -0.15) is 0 Å². The molecule has 3 rings (SSSR count). The average Bonchev–Trinajstić information content (AvgIpc) is 3.33. The molecule has 2 N–H and O–H groups in total. The molecule has 0 aromatic carbocycles. The van der Waals surface area contributed by atoms with Crippen LogP contribution in [0.4, 0.5) is 4.79 Å². The van der Waals surface area contributed by atoms with Crippen LogP contribution >= 0.6 is 0 Å². The Morgan fingerprint density at radius 2 is 2.00 bits per heavy atom. The van der Waals surface area contributed by atoms with Crippen LogP contribution in [0, 0.1) is 5.92 Å². The molecule has 0 radical (unpaired) electrons. The Morgan fingerprint density at radius 1 is 1.34 bits per heavy atom. The predicted molar refractivity (Wildman–Crippen MR) is 104 cm³/mol. The number of carbonyl (C=O) groups is 3. The molecule has 0 saturated carbocycles. The van der Waals surface area contributed by atoms with Crippen molar-refractivity contribution in [1.29, 1.82) is 0 Å². The summed E-state index contributed by atoms with van der Waals surface area (Å²) in [5.74, 6) is -0.175. The van der Waals surface area contributed by atoms with Crippen LogP contribution in [-0.4, -0.2) is 72.6 Å². The third kappa shape index (κ3) is 5.39. The van der Waals surface area contributed by atoms with E-state index in [0.29, 0.717) is 25.9 Å². The highest BCUT2D eigenvalue weighted by molar-refractivity contribution is 5.82. The molecule has 3 amide bonds. The number of hydrogen-bond donors (Lipinski definition) is 2. The van der Waals surface area contributed by atoms with Crippen molar-refractivity contribution in [2.24, 2.45) is 5.92 Å². The van der Waals surface area contributed by atoms with Gasteiger partial charge in [-0.1, -0.05) is 0 Å². The molecule has 3 heterocycles. The van der Waals surface area contributed by atoms with E-state index < -0.39 is 11.7 Å². The number of amides is 3. The van der Waals surface area contributed by atoms with E-state index in [4.69, 9.17) is 14.2 Å². The van der Waals surface area contributed by atoms with E-state index in [1.807, 2.05) is 4.90 Å². The zero-order chi connectivity index (χ0) is 21.4. The highest BCUT2D eigenvalue weighted by Crippen LogP contribution is 2.38. The maximum atomic E-state index is 12.7. The lowest BCUT2D eigenvalue weighted by molar-refractivity contribution is -0.130. The van der Waals surface area contributed by atoms with Crippen LogP contribution in [-0.2, 0) is 23.8 Å². The van der Waals surface area contributed by atoms with Gasteiger partial charge in [0.15, 0.2) is 6.29 Å². The Morgan fingerprint density at radius 3 is 2.52 bits per heavy atom. The fourth-order valence-corrected chi connectivity index (χ4v) is 4.37. The molecule has 9 nitrogen and oxygen atoms in total. The number of hydrogen-bond acceptors (Lipinski definition) is 6. The first kappa shape index (κ1) is 21.8. The molecule has 3 aliphatic rings. The summed E-state index contributed by atoms with van der Waals surface area (Å²) in [5, 5.41) is 6.03. The van der Waals surface area contributed by atoms with Crippen LogP contribution in [0.3, 0.4) is 0 Å². The Bertz CT molecular complexity index is 653. The lowest BCUT2D eigenvalue weighted by atomic mass is 9.82. The van der Waals surface area contributed by atoms with Gasteiger partial charge < -0.3 is 29.7 Å². The van der Waals surface area contributed by atoms with Crippen LogP contribution in [0.2, 0.25) is 0 Å². The van der Waals surface area contributed by atoms with E-state index in [2.05, 4.69) is 10.6 Å². The number of methoxy groups -OCH3 is 1. The molecular formula is C20H33N3O6. The Labute approximate surface area is 171 Å². The van der Waals surface area contributed by atoms with Gasteiger partial charge in [-0.05, 0) is 46.5 Å². The second-order valence-electron chi connectivity index (χ2n) is 9.37. The summed E-state index contributed by atoms with van der Waals surface area (Å²) in [6, 6.07) is -0.377. The first-order chi connectivity index (χ1) is 13.5. The predicted octanol–water partition coefficient (Wildman–Crippen LogP) is 1.16. The van der Waals surface area contributed by atoms with Crippen molar-refractivity contribution in [3.63, 3.8) is 0 Å². The zero-order valence-electron chi connectivity index (χ0n) is 17.9. The van der Waals surface area contributed by atoms with Gasteiger partial charge in [-0.25, -0.2) is 4.79 Å². The Balaban J connectivity index is 1.61. The molecular weight excluding hydrogens is 378 g/mol. The fourth-order valence-electron chi connectivity index (χ4n) is 4.37. The lowest BCUT2D eigenvalue weighted by Crippen LogP contribution is -2.51. The molecule has 9 heteroatoms. The summed E-state index contributed by atoms with van der Waals surface area (Å²) in [5.41, 5.74) is -0.881. The number of likely N-dealkylation sites (tertiary alicyclic amines) is 1. The maximum Gasteiger partial charge on any atom is 0.407 e. The Kier molecular flexibility index (Phi) is 6.10. The van der Waals surface area contributed by atoms with Crippen LogP contribution in [0.5, 0.6) is 0 Å². The number of nitrogens with zero attached hydrogens (tertiary/aromatic N) is 1. The van der Waals surface area contributed by atoms with E-state index in [1.165, 1.54) is 0 Å². The number of carbonyl (C=O) groups excluding carboxylic acids is 3. The topological polar surface area (TPSA) is 110 Å². The summed E-state index contributed by atoms with van der Waals surface area (Å²) in [4.78, 5) is 38.4. The van der Waals surface area contributed by atoms with Crippen molar-refractivity contribution < 1.29 is 28.6 Å². The molecule has 1 spiro atoms. The van der Waals surface area contributed by atoms with E-state index in [9.17, 15) is 14.4 Å². The molecule has 164 valence electrons. The fraction of sp³-hybridized carbons (Fsp3) is 0.850. The van der Waals surface area contributed by atoms with Crippen molar-refractivity contribution in [3.05, 3.63) is 0 Å². The van der Waals surface area contributed by atoms with Crippen LogP contribution in [0.25, 0.3) is 0 Å². The first-order valence-electron chi connectivity index (χ1n) is 10.3. The van der Waals surface area contributed by atoms with Gasteiger partial charge in [0.1, 0.15) is 11.7 Å². The van der Waals surface area contributed by atoms with Gasteiger partial charge in [0.05, 0.1) is 6.04 Å². The van der Waals surface area contributed by atoms with Crippen LogP contribution in [0.1, 0.15) is 53.4 Å². The van der Waals surface area contributed by atoms with Gasteiger partial charge in [-0.15, -0.1) is 0 Å². The number of epoxide rings is 1.